The van der Waals surface area contributed by atoms with E-state index < -0.39 is 0 Å². The Morgan fingerprint density at radius 3 is 2.67 bits per heavy atom. The lowest BCUT2D eigenvalue weighted by atomic mass is 10.1. The molecule has 0 aliphatic carbocycles. The third-order valence-corrected chi connectivity index (χ3v) is 7.39. The average Bonchev–Trinajstić information content (AvgIpc) is 3.61. The van der Waals surface area contributed by atoms with Gasteiger partial charge in [-0.15, -0.1) is 11.3 Å². The van der Waals surface area contributed by atoms with Gasteiger partial charge in [0, 0.05) is 36.3 Å². The van der Waals surface area contributed by atoms with Crippen molar-refractivity contribution in [3.8, 4) is 22.7 Å². The third kappa shape index (κ3) is 5.36. The van der Waals surface area contributed by atoms with Gasteiger partial charge >= 0.3 is 0 Å². The molecule has 1 atom stereocenters. The molecule has 0 radical (unpaired) electrons. The van der Waals surface area contributed by atoms with Gasteiger partial charge in [0.25, 0.3) is 5.91 Å². The number of carbonyl (C=O) groups is 1. The van der Waals surface area contributed by atoms with Gasteiger partial charge < -0.3 is 14.8 Å². The van der Waals surface area contributed by atoms with E-state index in [-0.39, 0.29) is 11.9 Å². The molecule has 1 aliphatic rings. The highest BCUT2D eigenvalue weighted by Gasteiger charge is 2.26. The van der Waals surface area contributed by atoms with Crippen molar-refractivity contribution in [3.05, 3.63) is 88.2 Å². The number of thiophene rings is 1. The molecule has 0 saturated carbocycles. The predicted octanol–water partition coefficient (Wildman–Crippen LogP) is 4.72. The van der Waals surface area contributed by atoms with E-state index >= 15 is 0 Å². The third-order valence-electron chi connectivity index (χ3n) is 6.41. The molecular weight excluding hydrogens is 472 g/mol. The molecule has 1 unspecified atom stereocenters. The number of rotatable bonds is 8. The summed E-state index contributed by atoms with van der Waals surface area (Å²) in [5.41, 5.74) is 4.03. The van der Waals surface area contributed by atoms with Crippen LogP contribution in [0.1, 0.15) is 26.8 Å². The Hall–Kier alpha value is -3.46. The van der Waals surface area contributed by atoms with Crippen molar-refractivity contribution in [2.45, 2.75) is 13.0 Å². The summed E-state index contributed by atoms with van der Waals surface area (Å²) in [6.07, 6.45) is 1.81. The largest absolute Gasteiger partial charge is 0.497 e. The van der Waals surface area contributed by atoms with Crippen LogP contribution in [-0.4, -0.2) is 60.5 Å². The number of hydrogen-bond acceptors (Lipinski definition) is 6. The zero-order valence-electron chi connectivity index (χ0n) is 20.5. The molecule has 4 aromatic rings. The number of hydrogen-bond donors (Lipinski definition) is 1. The average molecular weight is 503 g/mol. The number of carbonyl (C=O) groups excluding carboxylic acids is 1. The first-order valence-corrected chi connectivity index (χ1v) is 12.9. The van der Waals surface area contributed by atoms with Crippen molar-refractivity contribution < 1.29 is 14.3 Å². The number of aromatic nitrogens is 2. The minimum atomic E-state index is -0.152. The Morgan fingerprint density at radius 2 is 1.94 bits per heavy atom. The fraction of sp³-hybridized carbons (Fsp3) is 0.286. The van der Waals surface area contributed by atoms with Gasteiger partial charge in [-0.3, -0.25) is 9.69 Å². The zero-order valence-corrected chi connectivity index (χ0v) is 21.3. The van der Waals surface area contributed by atoms with Crippen LogP contribution in [0.2, 0.25) is 0 Å². The first kappa shape index (κ1) is 24.2. The maximum Gasteiger partial charge on any atom is 0.255 e. The van der Waals surface area contributed by atoms with E-state index in [1.165, 1.54) is 10.4 Å². The van der Waals surface area contributed by atoms with Gasteiger partial charge in [0.1, 0.15) is 11.4 Å². The second-order valence-electron chi connectivity index (χ2n) is 8.79. The fourth-order valence-electron chi connectivity index (χ4n) is 4.42. The van der Waals surface area contributed by atoms with Crippen molar-refractivity contribution in [3.63, 3.8) is 0 Å². The lowest BCUT2D eigenvalue weighted by Crippen LogP contribution is -2.43. The van der Waals surface area contributed by atoms with Crippen molar-refractivity contribution >= 4 is 17.2 Å². The minimum absolute atomic E-state index is 0.102. The van der Waals surface area contributed by atoms with E-state index in [1.807, 2.05) is 61.7 Å². The molecule has 1 fully saturated rings. The molecule has 1 N–H and O–H groups in total. The molecule has 7 nitrogen and oxygen atoms in total. The molecule has 1 amide bonds. The second-order valence-corrected chi connectivity index (χ2v) is 9.77. The maximum absolute atomic E-state index is 13.6. The number of morpholine rings is 1. The molecular formula is C28H30N4O3S. The molecule has 1 aliphatic heterocycles. The van der Waals surface area contributed by atoms with E-state index in [1.54, 1.807) is 23.1 Å². The topological polar surface area (TPSA) is 68.6 Å². The number of benzene rings is 2. The van der Waals surface area contributed by atoms with Gasteiger partial charge in [-0.25, -0.2) is 4.68 Å². The first-order chi connectivity index (χ1) is 17.6. The maximum atomic E-state index is 13.6. The quantitative estimate of drug-likeness (QED) is 0.378. The number of methoxy groups -OCH3 is 1. The van der Waals surface area contributed by atoms with Gasteiger partial charge in [-0.05, 0) is 42.6 Å². The molecule has 0 spiro atoms. The second kappa shape index (κ2) is 11.1. The summed E-state index contributed by atoms with van der Waals surface area (Å²) >= 11 is 1.71. The molecule has 2 aromatic heterocycles. The van der Waals surface area contributed by atoms with Crippen LogP contribution in [0.5, 0.6) is 5.75 Å². The molecule has 0 bridgehead atoms. The summed E-state index contributed by atoms with van der Waals surface area (Å²) in [6, 6.07) is 20.0. The summed E-state index contributed by atoms with van der Waals surface area (Å²) in [5, 5.41) is 10.1. The van der Waals surface area contributed by atoms with Crippen LogP contribution in [0.25, 0.3) is 16.9 Å². The van der Waals surface area contributed by atoms with E-state index in [0.29, 0.717) is 36.8 Å². The smallest absolute Gasteiger partial charge is 0.255 e. The van der Waals surface area contributed by atoms with E-state index in [0.717, 1.165) is 24.3 Å². The van der Waals surface area contributed by atoms with Crippen molar-refractivity contribution in [2.75, 3.05) is 40.0 Å². The van der Waals surface area contributed by atoms with Crippen LogP contribution in [0, 0.1) is 6.92 Å². The lowest BCUT2D eigenvalue weighted by Gasteiger charge is -2.34. The van der Waals surface area contributed by atoms with Crippen molar-refractivity contribution in [2.24, 2.45) is 0 Å². The molecule has 36 heavy (non-hydrogen) atoms. The van der Waals surface area contributed by atoms with E-state index in [4.69, 9.17) is 14.6 Å². The fourth-order valence-corrected chi connectivity index (χ4v) is 5.28. The Kier molecular flexibility index (Phi) is 7.46. The van der Waals surface area contributed by atoms with Gasteiger partial charge in [0.2, 0.25) is 0 Å². The van der Waals surface area contributed by atoms with Crippen LogP contribution in [0.15, 0.2) is 72.2 Å². The van der Waals surface area contributed by atoms with E-state index in [2.05, 4.69) is 27.7 Å². The Balaban J connectivity index is 1.45. The van der Waals surface area contributed by atoms with Crippen LogP contribution in [-0.2, 0) is 4.74 Å². The van der Waals surface area contributed by atoms with Gasteiger partial charge in [-0.1, -0.05) is 35.9 Å². The molecule has 1 saturated heterocycles. The summed E-state index contributed by atoms with van der Waals surface area (Å²) in [5.74, 6) is 0.565. The summed E-state index contributed by atoms with van der Waals surface area (Å²) in [6.45, 7) is 5.66. The summed E-state index contributed by atoms with van der Waals surface area (Å²) in [4.78, 5) is 17.2. The molecule has 5 rings (SSSR count). The number of nitrogens with one attached hydrogen (secondary N) is 1. The van der Waals surface area contributed by atoms with Crippen molar-refractivity contribution in [1.29, 1.82) is 0 Å². The highest BCUT2D eigenvalue weighted by molar-refractivity contribution is 7.10. The minimum Gasteiger partial charge on any atom is -0.497 e. The first-order valence-electron chi connectivity index (χ1n) is 12.1. The van der Waals surface area contributed by atoms with Gasteiger partial charge in [0.15, 0.2) is 0 Å². The Labute approximate surface area is 215 Å². The number of ether oxygens (including phenoxy) is 2. The standard InChI is InChI=1S/C28H30N4O3S/c1-20-8-10-22(11-9-20)32-19-24(27(30-32)21-5-3-6-23(17-21)34-2)28(33)29-18-25(26-7-4-16-36-26)31-12-14-35-15-13-31/h3-11,16-17,19,25H,12-15,18H2,1-2H3,(H,29,33). The Morgan fingerprint density at radius 1 is 1.14 bits per heavy atom. The van der Waals surface area contributed by atoms with Crippen LogP contribution < -0.4 is 10.1 Å². The summed E-state index contributed by atoms with van der Waals surface area (Å²) < 4.78 is 12.7. The van der Waals surface area contributed by atoms with Crippen LogP contribution in [0.3, 0.4) is 0 Å². The zero-order chi connectivity index (χ0) is 24.9. The number of amides is 1. The number of nitrogens with zero attached hydrogens (tertiary/aromatic N) is 3. The van der Waals surface area contributed by atoms with E-state index in [9.17, 15) is 4.79 Å². The highest BCUT2D eigenvalue weighted by Crippen LogP contribution is 2.28. The SMILES string of the molecule is COc1cccc(-c2nn(-c3ccc(C)cc3)cc2C(=O)NCC(c2cccs2)N2CCOCC2)c1. The lowest BCUT2D eigenvalue weighted by molar-refractivity contribution is 0.0169. The molecule has 3 heterocycles. The molecule has 2 aromatic carbocycles. The highest BCUT2D eigenvalue weighted by atomic mass is 32.1. The monoisotopic (exact) mass is 502 g/mol. The molecule has 186 valence electrons. The Bertz CT molecular complexity index is 1290. The number of aryl methyl sites for hydroxylation is 1. The predicted molar refractivity (Wildman–Crippen MR) is 142 cm³/mol. The van der Waals surface area contributed by atoms with Crippen LogP contribution in [0.4, 0.5) is 0 Å². The normalized spacial score (nSPS) is 14.9. The van der Waals surface area contributed by atoms with Gasteiger partial charge in [-0.2, -0.15) is 5.10 Å². The van der Waals surface area contributed by atoms with Crippen molar-refractivity contribution in [1.82, 2.24) is 20.0 Å². The molecule has 8 heteroatoms. The summed E-state index contributed by atoms with van der Waals surface area (Å²) in [7, 11) is 1.63. The van der Waals surface area contributed by atoms with Crippen LogP contribution >= 0.6 is 11.3 Å². The van der Waals surface area contributed by atoms with Gasteiger partial charge in [0.05, 0.1) is 37.6 Å².